The molecule has 0 aromatic rings. The van der Waals surface area contributed by atoms with Gasteiger partial charge in [0.1, 0.15) is 6.04 Å². The number of carbonyl (C=O) groups is 2. The predicted octanol–water partition coefficient (Wildman–Crippen LogP) is 0.0907. The van der Waals surface area contributed by atoms with Gasteiger partial charge >= 0.3 is 11.9 Å². The summed E-state index contributed by atoms with van der Waals surface area (Å²) in [6.45, 7) is 4.80. The van der Waals surface area contributed by atoms with Crippen LogP contribution in [0.2, 0.25) is 0 Å². The minimum Gasteiger partial charge on any atom is -0.466 e. The Hall–Kier alpha value is -1.10. The summed E-state index contributed by atoms with van der Waals surface area (Å²) in [4.78, 5) is 23.0. The molecule has 0 spiro atoms. The van der Waals surface area contributed by atoms with E-state index in [0.717, 1.165) is 0 Å². The minimum absolute atomic E-state index is 0.319. The van der Waals surface area contributed by atoms with Crippen LogP contribution in [0.5, 0.6) is 0 Å². The molecule has 0 aromatic carbocycles. The van der Waals surface area contributed by atoms with E-state index in [1.807, 2.05) is 0 Å². The molecule has 1 N–H and O–H groups in total. The predicted molar refractivity (Wildman–Crippen MR) is 53.2 cm³/mol. The van der Waals surface area contributed by atoms with E-state index in [4.69, 9.17) is 9.47 Å². The number of rotatable bonds is 4. The van der Waals surface area contributed by atoms with Crippen LogP contribution in [0.15, 0.2) is 0 Å². The molecular formula is C10H17NO4. The first-order valence-electron chi connectivity index (χ1n) is 5.27. The van der Waals surface area contributed by atoms with Gasteiger partial charge in [-0.15, -0.1) is 0 Å². The van der Waals surface area contributed by atoms with Crippen LogP contribution >= 0.6 is 0 Å². The van der Waals surface area contributed by atoms with Crippen molar-refractivity contribution >= 4 is 11.9 Å². The molecule has 2 atom stereocenters. The molecule has 0 saturated carbocycles. The van der Waals surface area contributed by atoms with E-state index in [1.54, 1.807) is 13.8 Å². The molecular weight excluding hydrogens is 198 g/mol. The van der Waals surface area contributed by atoms with Gasteiger partial charge in [0.15, 0.2) is 0 Å². The fourth-order valence-electron chi connectivity index (χ4n) is 1.69. The fourth-order valence-corrected chi connectivity index (χ4v) is 1.69. The maximum absolute atomic E-state index is 11.5. The van der Waals surface area contributed by atoms with E-state index in [2.05, 4.69) is 5.32 Å². The van der Waals surface area contributed by atoms with Gasteiger partial charge in [-0.25, -0.2) is 0 Å². The number of carbonyl (C=O) groups excluding carboxylic acids is 2. The quantitative estimate of drug-likeness (QED) is 0.673. The summed E-state index contributed by atoms with van der Waals surface area (Å²) < 4.78 is 9.77. The van der Waals surface area contributed by atoms with Gasteiger partial charge in [0.05, 0.1) is 19.1 Å². The molecule has 1 fully saturated rings. The van der Waals surface area contributed by atoms with E-state index in [-0.39, 0.29) is 11.9 Å². The van der Waals surface area contributed by atoms with Crippen molar-refractivity contribution in [2.75, 3.05) is 19.8 Å². The number of ether oxygens (including phenoxy) is 2. The maximum Gasteiger partial charge on any atom is 0.324 e. The van der Waals surface area contributed by atoms with Gasteiger partial charge in [-0.3, -0.25) is 9.59 Å². The Kier molecular flexibility index (Phi) is 4.55. The highest BCUT2D eigenvalue weighted by molar-refractivity contribution is 5.85. The average molecular weight is 215 g/mol. The third kappa shape index (κ3) is 2.92. The third-order valence-corrected chi connectivity index (χ3v) is 2.35. The van der Waals surface area contributed by atoms with E-state index in [9.17, 15) is 9.59 Å². The molecule has 1 saturated heterocycles. The number of hydrogen-bond donors (Lipinski definition) is 1. The lowest BCUT2D eigenvalue weighted by molar-refractivity contribution is -0.155. The summed E-state index contributed by atoms with van der Waals surface area (Å²) in [7, 11) is 0. The lowest BCUT2D eigenvalue weighted by Gasteiger charge is -2.16. The van der Waals surface area contributed by atoms with Crippen LogP contribution in [-0.2, 0) is 19.1 Å². The van der Waals surface area contributed by atoms with Crippen molar-refractivity contribution in [3.8, 4) is 0 Å². The molecule has 0 amide bonds. The smallest absolute Gasteiger partial charge is 0.324 e. The Morgan fingerprint density at radius 1 is 1.20 bits per heavy atom. The minimum atomic E-state index is -0.538. The van der Waals surface area contributed by atoms with Crippen LogP contribution in [0, 0.1) is 5.92 Å². The molecule has 15 heavy (non-hydrogen) atoms. The van der Waals surface area contributed by atoms with Crippen LogP contribution in [0.3, 0.4) is 0 Å². The van der Waals surface area contributed by atoms with Gasteiger partial charge in [0.25, 0.3) is 0 Å². The Balaban J connectivity index is 2.56. The molecule has 1 aliphatic rings. The first-order chi connectivity index (χ1) is 7.20. The largest absolute Gasteiger partial charge is 0.466 e. The lowest BCUT2D eigenvalue weighted by Crippen LogP contribution is -2.40. The Morgan fingerprint density at radius 3 is 2.40 bits per heavy atom. The second kappa shape index (κ2) is 5.70. The summed E-state index contributed by atoms with van der Waals surface area (Å²) in [5, 5.41) is 2.96. The second-order valence-electron chi connectivity index (χ2n) is 3.33. The molecule has 0 aliphatic carbocycles. The van der Waals surface area contributed by atoms with E-state index < -0.39 is 12.0 Å². The molecule has 0 radical (unpaired) electrons. The van der Waals surface area contributed by atoms with Crippen molar-refractivity contribution in [3.05, 3.63) is 0 Å². The zero-order valence-electron chi connectivity index (χ0n) is 9.12. The normalized spacial score (nSPS) is 24.9. The molecule has 5 heteroatoms. The van der Waals surface area contributed by atoms with E-state index in [0.29, 0.717) is 26.2 Å². The Bertz CT molecular complexity index is 218. The van der Waals surface area contributed by atoms with Gasteiger partial charge in [-0.2, -0.15) is 0 Å². The molecule has 0 bridgehead atoms. The van der Waals surface area contributed by atoms with Crippen molar-refractivity contribution in [2.24, 2.45) is 5.92 Å². The first-order valence-corrected chi connectivity index (χ1v) is 5.27. The summed E-state index contributed by atoms with van der Waals surface area (Å²) in [5.41, 5.74) is 0. The van der Waals surface area contributed by atoms with E-state index >= 15 is 0 Å². The Labute approximate surface area is 89.1 Å². The molecule has 1 aliphatic heterocycles. The monoisotopic (exact) mass is 215 g/mol. The van der Waals surface area contributed by atoms with Gasteiger partial charge in [0.2, 0.25) is 0 Å². The topological polar surface area (TPSA) is 64.6 Å². The number of hydrogen-bond acceptors (Lipinski definition) is 5. The van der Waals surface area contributed by atoms with Crippen molar-refractivity contribution in [3.63, 3.8) is 0 Å². The van der Waals surface area contributed by atoms with Crippen LogP contribution < -0.4 is 5.32 Å². The highest BCUT2D eigenvalue weighted by atomic mass is 16.5. The molecule has 0 aromatic heterocycles. The maximum atomic E-state index is 11.5. The van der Waals surface area contributed by atoms with Crippen molar-refractivity contribution < 1.29 is 19.1 Å². The summed E-state index contributed by atoms with van der Waals surface area (Å²) in [5.74, 6) is -1.09. The molecule has 0 unspecified atom stereocenters. The zero-order valence-corrected chi connectivity index (χ0v) is 9.12. The van der Waals surface area contributed by atoms with Crippen LogP contribution in [0.1, 0.15) is 20.3 Å². The number of esters is 2. The van der Waals surface area contributed by atoms with Gasteiger partial charge in [0, 0.05) is 0 Å². The molecule has 1 rings (SSSR count). The van der Waals surface area contributed by atoms with Crippen molar-refractivity contribution in [1.82, 2.24) is 5.32 Å². The first kappa shape index (κ1) is 12.0. The zero-order chi connectivity index (χ0) is 11.3. The van der Waals surface area contributed by atoms with Crippen LogP contribution in [-0.4, -0.2) is 37.7 Å². The number of nitrogens with one attached hydrogen (secondary N) is 1. The van der Waals surface area contributed by atoms with Gasteiger partial charge in [-0.1, -0.05) is 0 Å². The molecule has 1 heterocycles. The third-order valence-electron chi connectivity index (χ3n) is 2.35. The van der Waals surface area contributed by atoms with Gasteiger partial charge in [-0.05, 0) is 26.8 Å². The summed E-state index contributed by atoms with van der Waals surface area (Å²) in [6, 6.07) is -0.538. The Morgan fingerprint density at radius 2 is 1.80 bits per heavy atom. The molecule has 5 nitrogen and oxygen atoms in total. The van der Waals surface area contributed by atoms with Gasteiger partial charge < -0.3 is 14.8 Å². The molecule has 86 valence electrons. The summed E-state index contributed by atoms with van der Waals surface area (Å²) >= 11 is 0. The highest BCUT2D eigenvalue weighted by Gasteiger charge is 2.39. The average Bonchev–Trinajstić information content (AvgIpc) is 2.66. The van der Waals surface area contributed by atoms with Crippen LogP contribution in [0.25, 0.3) is 0 Å². The second-order valence-corrected chi connectivity index (χ2v) is 3.33. The van der Waals surface area contributed by atoms with Crippen molar-refractivity contribution in [2.45, 2.75) is 26.3 Å². The lowest BCUT2D eigenvalue weighted by atomic mass is 10.0. The van der Waals surface area contributed by atoms with Crippen molar-refractivity contribution in [1.29, 1.82) is 0 Å². The standard InChI is InChI=1S/C10H17NO4/c1-3-14-9(12)7-5-6-11-8(7)10(13)15-4-2/h7-8,11H,3-6H2,1-2H3/t7-,8+/m0/s1. The highest BCUT2D eigenvalue weighted by Crippen LogP contribution is 2.18. The SMILES string of the molecule is CCOC(=O)[C@H]1CCN[C@H]1C(=O)OCC. The summed E-state index contributed by atoms with van der Waals surface area (Å²) in [6.07, 6.45) is 0.627. The fraction of sp³-hybridized carbons (Fsp3) is 0.800. The van der Waals surface area contributed by atoms with Crippen LogP contribution in [0.4, 0.5) is 0 Å². The van der Waals surface area contributed by atoms with E-state index in [1.165, 1.54) is 0 Å².